The maximum absolute atomic E-state index is 13.8. The van der Waals surface area contributed by atoms with Crippen LogP contribution in [0.15, 0.2) is 83.0 Å². The van der Waals surface area contributed by atoms with Gasteiger partial charge in [-0.2, -0.15) is 4.98 Å². The molecular weight excluding hydrogens is 459 g/mol. The Morgan fingerprint density at radius 1 is 1.06 bits per heavy atom. The first-order valence-electron chi connectivity index (χ1n) is 11.7. The van der Waals surface area contributed by atoms with E-state index >= 15 is 0 Å². The molecule has 2 heterocycles. The lowest BCUT2D eigenvalue weighted by molar-refractivity contribution is 0.244. The highest BCUT2D eigenvalue weighted by molar-refractivity contribution is 6.01. The molecule has 1 atom stereocenters. The zero-order chi connectivity index (χ0) is 25.2. The molecule has 3 aromatic carbocycles. The van der Waals surface area contributed by atoms with E-state index in [-0.39, 0.29) is 17.7 Å². The number of aryl methyl sites for hydroxylation is 1. The van der Waals surface area contributed by atoms with Crippen molar-refractivity contribution in [1.82, 2.24) is 15.5 Å². The minimum Gasteiger partial charge on any atom is -0.494 e. The van der Waals surface area contributed by atoms with E-state index in [1.54, 1.807) is 17.0 Å². The van der Waals surface area contributed by atoms with Gasteiger partial charge in [0.25, 0.3) is 5.89 Å². The van der Waals surface area contributed by atoms with Crippen molar-refractivity contribution in [3.63, 3.8) is 0 Å². The summed E-state index contributed by atoms with van der Waals surface area (Å²) in [5.74, 6) is 0.832. The number of aromatic nitrogens is 2. The number of carbonyl (C=O) groups is 1. The predicted molar refractivity (Wildman–Crippen MR) is 135 cm³/mol. The highest BCUT2D eigenvalue weighted by atomic mass is 19.1. The van der Waals surface area contributed by atoms with Crippen molar-refractivity contribution in [1.29, 1.82) is 0 Å². The van der Waals surface area contributed by atoms with Crippen LogP contribution in [-0.4, -0.2) is 22.8 Å². The molecule has 4 aromatic rings. The first kappa shape index (κ1) is 23.3. The van der Waals surface area contributed by atoms with Crippen LogP contribution in [0, 0.1) is 12.7 Å². The fraction of sp³-hybridized carbons (Fsp3) is 0.179. The van der Waals surface area contributed by atoms with Crippen molar-refractivity contribution in [2.45, 2.75) is 26.8 Å². The van der Waals surface area contributed by atoms with Crippen LogP contribution in [0.5, 0.6) is 5.75 Å². The molecule has 36 heavy (non-hydrogen) atoms. The number of nitrogens with one attached hydrogen (secondary N) is 1. The van der Waals surface area contributed by atoms with E-state index in [9.17, 15) is 9.18 Å². The van der Waals surface area contributed by atoms with Gasteiger partial charge in [0.2, 0.25) is 5.82 Å². The van der Waals surface area contributed by atoms with Crippen LogP contribution in [0.3, 0.4) is 0 Å². The summed E-state index contributed by atoms with van der Waals surface area (Å²) < 4.78 is 25.0. The van der Waals surface area contributed by atoms with Crippen molar-refractivity contribution in [2.75, 3.05) is 11.5 Å². The Balaban J connectivity index is 1.62. The van der Waals surface area contributed by atoms with Crippen LogP contribution < -0.4 is 15.0 Å². The monoisotopic (exact) mass is 484 g/mol. The number of amides is 2. The Morgan fingerprint density at radius 2 is 1.81 bits per heavy atom. The third-order valence-corrected chi connectivity index (χ3v) is 6.04. The largest absolute Gasteiger partial charge is 0.494 e. The van der Waals surface area contributed by atoms with Crippen molar-refractivity contribution < 1.29 is 18.4 Å². The highest BCUT2D eigenvalue weighted by Gasteiger charge is 2.36. The third-order valence-electron chi connectivity index (χ3n) is 6.04. The van der Waals surface area contributed by atoms with Gasteiger partial charge >= 0.3 is 6.03 Å². The van der Waals surface area contributed by atoms with E-state index in [1.165, 1.54) is 12.1 Å². The fourth-order valence-corrected chi connectivity index (χ4v) is 4.28. The molecule has 182 valence electrons. The maximum Gasteiger partial charge on any atom is 0.326 e. The first-order valence-corrected chi connectivity index (χ1v) is 11.7. The molecule has 1 N–H and O–H groups in total. The van der Waals surface area contributed by atoms with Crippen LogP contribution in [0.1, 0.15) is 36.9 Å². The van der Waals surface area contributed by atoms with Gasteiger partial charge in [0.1, 0.15) is 11.6 Å². The molecule has 1 aliphatic heterocycles. The second-order valence-corrected chi connectivity index (χ2v) is 8.49. The quantitative estimate of drug-likeness (QED) is 0.348. The minimum absolute atomic E-state index is 0.244. The number of urea groups is 1. The van der Waals surface area contributed by atoms with Crippen LogP contribution in [0.25, 0.3) is 17.0 Å². The molecule has 0 radical (unpaired) electrons. The summed E-state index contributed by atoms with van der Waals surface area (Å²) in [6.45, 7) is 6.31. The first-order chi connectivity index (χ1) is 17.4. The van der Waals surface area contributed by atoms with E-state index in [2.05, 4.69) is 15.5 Å². The molecule has 1 aromatic heterocycles. The number of hydrogen-bond acceptors (Lipinski definition) is 5. The summed E-state index contributed by atoms with van der Waals surface area (Å²) in [6, 6.07) is 20.4. The molecule has 1 unspecified atom stereocenters. The summed E-state index contributed by atoms with van der Waals surface area (Å²) in [5.41, 5.74) is 4.44. The number of benzene rings is 3. The topological polar surface area (TPSA) is 80.5 Å². The fourth-order valence-electron chi connectivity index (χ4n) is 4.28. The number of hydrogen-bond donors (Lipinski definition) is 1. The molecule has 0 aliphatic carbocycles. The standard InChI is InChI=1S/C28H25FN4O3/c1-4-35-23-14-12-22(13-15-23)33-18(3)24(25(30-28(33)34)19-10-8-17(2)9-11-19)27-31-26(32-36-27)20-6-5-7-21(29)16-20/h5-16,25H,4H2,1-3H3,(H,30,34). The summed E-state index contributed by atoms with van der Waals surface area (Å²) in [6.07, 6.45) is 0. The average Bonchev–Trinajstić information content (AvgIpc) is 3.35. The Kier molecular flexibility index (Phi) is 6.25. The van der Waals surface area contributed by atoms with Gasteiger partial charge in [-0.1, -0.05) is 47.1 Å². The Labute approximate surface area is 208 Å². The highest BCUT2D eigenvalue weighted by Crippen LogP contribution is 2.39. The summed E-state index contributed by atoms with van der Waals surface area (Å²) in [5, 5.41) is 7.18. The van der Waals surface area contributed by atoms with Crippen LogP contribution >= 0.6 is 0 Å². The SMILES string of the molecule is CCOc1ccc(N2C(=O)NC(c3ccc(C)cc3)C(c3nc(-c4cccc(F)c4)no3)=C2C)cc1. The number of carbonyl (C=O) groups excluding carboxylic acids is 1. The maximum atomic E-state index is 13.8. The summed E-state index contributed by atoms with van der Waals surface area (Å²) in [4.78, 5) is 19.5. The van der Waals surface area contributed by atoms with Crippen LogP contribution in [0.2, 0.25) is 0 Å². The number of allylic oxidation sites excluding steroid dienone is 1. The molecule has 0 saturated carbocycles. The van der Waals surface area contributed by atoms with Gasteiger partial charge in [0.05, 0.1) is 23.9 Å². The van der Waals surface area contributed by atoms with Crippen molar-refractivity contribution in [3.8, 4) is 17.1 Å². The van der Waals surface area contributed by atoms with Gasteiger partial charge in [0, 0.05) is 11.3 Å². The van der Waals surface area contributed by atoms with E-state index < -0.39 is 11.9 Å². The normalized spacial score (nSPS) is 15.7. The molecule has 0 saturated heterocycles. The van der Waals surface area contributed by atoms with Gasteiger partial charge in [-0.05, 0) is 62.7 Å². The molecule has 2 amide bonds. The van der Waals surface area contributed by atoms with Crippen LogP contribution in [-0.2, 0) is 0 Å². The molecular formula is C28H25FN4O3. The van der Waals surface area contributed by atoms with Gasteiger partial charge in [-0.25, -0.2) is 9.18 Å². The molecule has 0 bridgehead atoms. The minimum atomic E-state index is -0.516. The molecule has 0 spiro atoms. The molecule has 0 fully saturated rings. The zero-order valence-electron chi connectivity index (χ0n) is 20.2. The number of rotatable bonds is 6. The lowest BCUT2D eigenvalue weighted by Crippen LogP contribution is -2.46. The average molecular weight is 485 g/mol. The third kappa shape index (κ3) is 4.45. The number of anilines is 1. The van der Waals surface area contributed by atoms with E-state index in [4.69, 9.17) is 9.26 Å². The Morgan fingerprint density at radius 3 is 2.50 bits per heavy atom. The van der Waals surface area contributed by atoms with Crippen LogP contribution in [0.4, 0.5) is 14.9 Å². The van der Waals surface area contributed by atoms with Crippen molar-refractivity contribution in [2.24, 2.45) is 0 Å². The number of halogens is 1. The lowest BCUT2D eigenvalue weighted by Gasteiger charge is -2.35. The van der Waals surface area contributed by atoms with Gasteiger partial charge in [-0.3, -0.25) is 4.90 Å². The van der Waals surface area contributed by atoms with E-state index in [0.717, 1.165) is 16.9 Å². The number of ether oxygens (including phenoxy) is 1. The van der Waals surface area contributed by atoms with E-state index in [0.29, 0.717) is 29.1 Å². The van der Waals surface area contributed by atoms with Gasteiger partial charge in [0.15, 0.2) is 0 Å². The van der Waals surface area contributed by atoms with Gasteiger partial charge < -0.3 is 14.6 Å². The molecule has 8 heteroatoms. The Hall–Kier alpha value is -4.46. The molecule has 1 aliphatic rings. The van der Waals surface area contributed by atoms with Crippen molar-refractivity contribution in [3.05, 3.63) is 101 Å². The van der Waals surface area contributed by atoms with E-state index in [1.807, 2.05) is 69.3 Å². The molecule has 5 rings (SSSR count). The Bertz CT molecular complexity index is 1430. The van der Waals surface area contributed by atoms with Gasteiger partial charge in [-0.15, -0.1) is 0 Å². The smallest absolute Gasteiger partial charge is 0.326 e. The predicted octanol–water partition coefficient (Wildman–Crippen LogP) is 6.28. The second kappa shape index (κ2) is 9.65. The zero-order valence-corrected chi connectivity index (χ0v) is 20.2. The summed E-state index contributed by atoms with van der Waals surface area (Å²) in [7, 11) is 0. The summed E-state index contributed by atoms with van der Waals surface area (Å²) >= 11 is 0. The molecule has 7 nitrogen and oxygen atoms in total. The number of nitrogens with zero attached hydrogens (tertiary/aromatic N) is 3. The van der Waals surface area contributed by atoms with Crippen molar-refractivity contribution >= 4 is 17.3 Å². The second-order valence-electron chi connectivity index (χ2n) is 8.49. The lowest BCUT2D eigenvalue weighted by atomic mass is 9.94.